The van der Waals surface area contributed by atoms with E-state index in [-0.39, 0.29) is 0 Å². The van der Waals surface area contributed by atoms with Crippen molar-refractivity contribution in [2.75, 3.05) is 11.9 Å². The molecule has 0 aliphatic carbocycles. The summed E-state index contributed by atoms with van der Waals surface area (Å²) in [6.45, 7) is 6.35. The summed E-state index contributed by atoms with van der Waals surface area (Å²) in [5.74, 6) is 0.760. The van der Waals surface area contributed by atoms with Gasteiger partial charge in [0.2, 0.25) is 5.95 Å². The van der Waals surface area contributed by atoms with Crippen LogP contribution in [0.5, 0.6) is 0 Å². The van der Waals surface area contributed by atoms with Crippen molar-refractivity contribution in [3.05, 3.63) is 53.8 Å². The van der Waals surface area contributed by atoms with Crippen molar-refractivity contribution in [2.24, 2.45) is 0 Å². The van der Waals surface area contributed by atoms with Gasteiger partial charge in [0.1, 0.15) is 0 Å². The largest absolute Gasteiger partial charge is 0.352 e. The SMILES string of the molecule is C=CCNc1nccn1-c1ccc(C)cc1Cl. The first-order valence-electron chi connectivity index (χ1n) is 5.37. The molecule has 0 aliphatic heterocycles. The van der Waals surface area contributed by atoms with Gasteiger partial charge in [-0.15, -0.1) is 6.58 Å². The van der Waals surface area contributed by atoms with Gasteiger partial charge in [0.15, 0.2) is 0 Å². The molecule has 0 saturated heterocycles. The highest BCUT2D eigenvalue weighted by Gasteiger charge is 2.07. The molecule has 0 unspecified atom stereocenters. The number of anilines is 1. The molecule has 3 nitrogen and oxygen atoms in total. The quantitative estimate of drug-likeness (QED) is 0.839. The van der Waals surface area contributed by atoms with Crippen LogP contribution in [0.3, 0.4) is 0 Å². The standard InChI is InChI=1S/C13H14ClN3/c1-3-6-15-13-16-7-8-17(13)12-5-4-10(2)9-11(12)14/h3-5,7-9H,1,6H2,2H3,(H,15,16). The van der Waals surface area contributed by atoms with Crippen LogP contribution < -0.4 is 5.32 Å². The summed E-state index contributed by atoms with van der Waals surface area (Å²) in [6, 6.07) is 5.95. The van der Waals surface area contributed by atoms with Crippen molar-refractivity contribution >= 4 is 17.5 Å². The van der Waals surface area contributed by atoms with E-state index in [1.54, 1.807) is 12.3 Å². The number of rotatable bonds is 4. The third kappa shape index (κ3) is 2.50. The van der Waals surface area contributed by atoms with Gasteiger partial charge < -0.3 is 5.32 Å². The first-order valence-corrected chi connectivity index (χ1v) is 5.75. The van der Waals surface area contributed by atoms with Crippen molar-refractivity contribution in [1.29, 1.82) is 0 Å². The summed E-state index contributed by atoms with van der Waals surface area (Å²) in [7, 11) is 0. The molecule has 1 N–H and O–H groups in total. The third-order valence-electron chi connectivity index (χ3n) is 2.41. The Balaban J connectivity index is 2.38. The van der Waals surface area contributed by atoms with Gasteiger partial charge in [-0.3, -0.25) is 4.57 Å². The van der Waals surface area contributed by atoms with E-state index in [1.807, 2.05) is 35.9 Å². The second-order valence-electron chi connectivity index (χ2n) is 3.75. The van der Waals surface area contributed by atoms with Crippen molar-refractivity contribution < 1.29 is 0 Å². The topological polar surface area (TPSA) is 29.9 Å². The number of hydrogen-bond acceptors (Lipinski definition) is 2. The van der Waals surface area contributed by atoms with Crippen LogP contribution in [0.2, 0.25) is 5.02 Å². The fraction of sp³-hybridized carbons (Fsp3) is 0.154. The van der Waals surface area contributed by atoms with E-state index in [9.17, 15) is 0 Å². The number of hydrogen-bond donors (Lipinski definition) is 1. The van der Waals surface area contributed by atoms with Crippen molar-refractivity contribution in [1.82, 2.24) is 9.55 Å². The Bertz CT molecular complexity index is 531. The van der Waals surface area contributed by atoms with Crippen LogP contribution in [-0.4, -0.2) is 16.1 Å². The van der Waals surface area contributed by atoms with Crippen LogP contribution in [-0.2, 0) is 0 Å². The second-order valence-corrected chi connectivity index (χ2v) is 4.15. The highest BCUT2D eigenvalue weighted by molar-refractivity contribution is 6.32. The minimum absolute atomic E-state index is 0.667. The fourth-order valence-electron chi connectivity index (χ4n) is 1.60. The lowest BCUT2D eigenvalue weighted by molar-refractivity contribution is 1.04. The lowest BCUT2D eigenvalue weighted by Gasteiger charge is -2.10. The lowest BCUT2D eigenvalue weighted by Crippen LogP contribution is -2.06. The van der Waals surface area contributed by atoms with E-state index in [2.05, 4.69) is 16.9 Å². The molecule has 1 aromatic carbocycles. The third-order valence-corrected chi connectivity index (χ3v) is 2.71. The zero-order chi connectivity index (χ0) is 12.3. The molecule has 1 aromatic heterocycles. The van der Waals surface area contributed by atoms with Gasteiger partial charge in [0.05, 0.1) is 10.7 Å². The molecule has 0 fully saturated rings. The fourth-order valence-corrected chi connectivity index (χ4v) is 1.93. The molecule has 1 heterocycles. The van der Waals surface area contributed by atoms with Gasteiger partial charge >= 0.3 is 0 Å². The highest BCUT2D eigenvalue weighted by atomic mass is 35.5. The van der Waals surface area contributed by atoms with Crippen molar-refractivity contribution in [3.8, 4) is 5.69 Å². The minimum Gasteiger partial charge on any atom is -0.352 e. The number of nitrogens with zero attached hydrogens (tertiary/aromatic N) is 2. The van der Waals surface area contributed by atoms with Crippen molar-refractivity contribution in [2.45, 2.75) is 6.92 Å². The van der Waals surface area contributed by atoms with E-state index in [0.717, 1.165) is 17.2 Å². The predicted molar refractivity (Wildman–Crippen MR) is 72.0 cm³/mol. The smallest absolute Gasteiger partial charge is 0.207 e. The minimum atomic E-state index is 0.667. The molecule has 0 radical (unpaired) electrons. The number of aryl methyl sites for hydroxylation is 1. The first kappa shape index (κ1) is 11.7. The van der Waals surface area contributed by atoms with E-state index < -0.39 is 0 Å². The molecule has 2 aromatic rings. The van der Waals surface area contributed by atoms with Gasteiger partial charge in [0, 0.05) is 18.9 Å². The molecule has 0 aliphatic rings. The molecule has 0 bridgehead atoms. The number of benzene rings is 1. The molecule has 17 heavy (non-hydrogen) atoms. The van der Waals surface area contributed by atoms with Crippen LogP contribution in [0, 0.1) is 6.92 Å². The lowest BCUT2D eigenvalue weighted by atomic mass is 10.2. The average Bonchev–Trinajstić information content (AvgIpc) is 2.74. The average molecular weight is 248 g/mol. The molecule has 88 valence electrons. The molecular weight excluding hydrogens is 234 g/mol. The Hall–Kier alpha value is -1.74. The molecule has 0 saturated carbocycles. The molecule has 2 rings (SSSR count). The van der Waals surface area contributed by atoms with Gasteiger partial charge in [-0.2, -0.15) is 0 Å². The number of imidazole rings is 1. The first-order chi connectivity index (χ1) is 8.22. The summed E-state index contributed by atoms with van der Waals surface area (Å²) in [4.78, 5) is 4.24. The molecule has 0 atom stereocenters. The summed E-state index contributed by atoms with van der Waals surface area (Å²) in [5, 5.41) is 3.87. The van der Waals surface area contributed by atoms with Gasteiger partial charge in [-0.25, -0.2) is 4.98 Å². The van der Waals surface area contributed by atoms with E-state index in [0.29, 0.717) is 11.6 Å². The monoisotopic (exact) mass is 247 g/mol. The maximum atomic E-state index is 6.23. The predicted octanol–water partition coefficient (Wildman–Crippen LogP) is 3.43. The van der Waals surface area contributed by atoms with Gasteiger partial charge in [-0.1, -0.05) is 23.7 Å². The summed E-state index contributed by atoms with van der Waals surface area (Å²) >= 11 is 6.23. The van der Waals surface area contributed by atoms with Crippen LogP contribution in [0.25, 0.3) is 5.69 Å². The highest BCUT2D eigenvalue weighted by Crippen LogP contribution is 2.24. The Kier molecular flexibility index (Phi) is 3.49. The second kappa shape index (κ2) is 5.06. The van der Waals surface area contributed by atoms with Crippen LogP contribution >= 0.6 is 11.6 Å². The Morgan fingerprint density at radius 2 is 2.35 bits per heavy atom. The Morgan fingerprint density at radius 3 is 3.06 bits per heavy atom. The molecular formula is C13H14ClN3. The summed E-state index contributed by atoms with van der Waals surface area (Å²) in [6.07, 6.45) is 5.40. The maximum absolute atomic E-state index is 6.23. The number of nitrogens with one attached hydrogen (secondary N) is 1. The zero-order valence-corrected chi connectivity index (χ0v) is 10.4. The summed E-state index contributed by atoms with van der Waals surface area (Å²) in [5.41, 5.74) is 2.06. The van der Waals surface area contributed by atoms with E-state index >= 15 is 0 Å². The van der Waals surface area contributed by atoms with Crippen molar-refractivity contribution in [3.63, 3.8) is 0 Å². The van der Waals surface area contributed by atoms with Crippen LogP contribution in [0.15, 0.2) is 43.2 Å². The van der Waals surface area contributed by atoms with Gasteiger partial charge in [-0.05, 0) is 24.6 Å². The Labute approximate surface area is 106 Å². The maximum Gasteiger partial charge on any atom is 0.207 e. The number of halogens is 1. The van der Waals surface area contributed by atoms with Crippen LogP contribution in [0.1, 0.15) is 5.56 Å². The van der Waals surface area contributed by atoms with E-state index in [4.69, 9.17) is 11.6 Å². The molecule has 0 spiro atoms. The van der Waals surface area contributed by atoms with E-state index in [1.165, 1.54) is 0 Å². The van der Waals surface area contributed by atoms with Crippen LogP contribution in [0.4, 0.5) is 5.95 Å². The van der Waals surface area contributed by atoms with Gasteiger partial charge in [0.25, 0.3) is 0 Å². The zero-order valence-electron chi connectivity index (χ0n) is 9.65. The molecule has 0 amide bonds. The number of aromatic nitrogens is 2. The molecule has 4 heteroatoms. The summed E-state index contributed by atoms with van der Waals surface area (Å²) < 4.78 is 1.92. The normalized spacial score (nSPS) is 10.2. The Morgan fingerprint density at radius 1 is 1.53 bits per heavy atom.